The van der Waals surface area contributed by atoms with Crippen LogP contribution in [-0.4, -0.2) is 36.9 Å². The third kappa shape index (κ3) is 4.82. The van der Waals surface area contributed by atoms with Crippen molar-refractivity contribution in [1.82, 2.24) is 10.6 Å². The summed E-state index contributed by atoms with van der Waals surface area (Å²) in [6.45, 7) is 4.21. The summed E-state index contributed by atoms with van der Waals surface area (Å²) in [5.41, 5.74) is 0. The summed E-state index contributed by atoms with van der Waals surface area (Å²) >= 11 is 0. The molecule has 0 aromatic heterocycles. The van der Waals surface area contributed by atoms with Gasteiger partial charge in [0.2, 0.25) is 0 Å². The maximum atomic E-state index is 8.67. The number of aliphatic hydroxyl groups excluding tert-OH is 1. The van der Waals surface area contributed by atoms with Crippen LogP contribution in [0.4, 0.5) is 0 Å². The topological polar surface area (TPSA) is 44.3 Å². The Labute approximate surface area is 79.8 Å². The SMILES string of the molecule is C[C@@H]1CN[C@@H](CO)CN1.Cl.Cl. The van der Waals surface area contributed by atoms with E-state index in [4.69, 9.17) is 5.11 Å². The highest BCUT2D eigenvalue weighted by Gasteiger charge is 2.14. The highest BCUT2D eigenvalue weighted by atomic mass is 35.5. The molecule has 1 aliphatic rings. The van der Waals surface area contributed by atoms with E-state index >= 15 is 0 Å². The Morgan fingerprint density at radius 1 is 1.27 bits per heavy atom. The number of piperazine rings is 1. The molecule has 0 saturated carbocycles. The molecule has 0 spiro atoms. The van der Waals surface area contributed by atoms with Gasteiger partial charge in [-0.05, 0) is 6.92 Å². The van der Waals surface area contributed by atoms with Crippen molar-refractivity contribution < 1.29 is 5.11 Å². The monoisotopic (exact) mass is 202 g/mol. The second-order valence-electron chi connectivity index (χ2n) is 2.60. The zero-order chi connectivity index (χ0) is 6.69. The summed E-state index contributed by atoms with van der Waals surface area (Å²) in [4.78, 5) is 0. The fraction of sp³-hybridized carbons (Fsp3) is 1.00. The first kappa shape index (κ1) is 14.0. The van der Waals surface area contributed by atoms with E-state index < -0.39 is 0 Å². The van der Waals surface area contributed by atoms with Crippen LogP contribution >= 0.6 is 24.8 Å². The molecule has 3 N–H and O–H groups in total. The first-order chi connectivity index (χ1) is 4.33. The van der Waals surface area contributed by atoms with Crippen molar-refractivity contribution in [1.29, 1.82) is 0 Å². The largest absolute Gasteiger partial charge is 0.395 e. The molecule has 0 amide bonds. The highest BCUT2D eigenvalue weighted by Crippen LogP contribution is 1.90. The first-order valence-electron chi connectivity index (χ1n) is 3.40. The number of halogens is 2. The van der Waals surface area contributed by atoms with Gasteiger partial charge >= 0.3 is 0 Å². The molecule has 0 unspecified atom stereocenters. The third-order valence-corrected chi connectivity index (χ3v) is 1.65. The van der Waals surface area contributed by atoms with Crippen molar-refractivity contribution in [3.8, 4) is 0 Å². The number of nitrogens with one attached hydrogen (secondary N) is 2. The predicted octanol–water partition coefficient (Wildman–Crippen LogP) is -0.228. The maximum absolute atomic E-state index is 8.67. The smallest absolute Gasteiger partial charge is 0.0597 e. The first-order valence-corrected chi connectivity index (χ1v) is 3.40. The Balaban J connectivity index is 0. The van der Waals surface area contributed by atoms with Crippen LogP contribution in [0.1, 0.15) is 6.92 Å². The second kappa shape index (κ2) is 7.13. The van der Waals surface area contributed by atoms with Gasteiger partial charge in [-0.3, -0.25) is 0 Å². The molecule has 0 aliphatic carbocycles. The average molecular weight is 203 g/mol. The van der Waals surface area contributed by atoms with E-state index in [0.29, 0.717) is 6.04 Å². The summed E-state index contributed by atoms with van der Waals surface area (Å²) < 4.78 is 0. The van der Waals surface area contributed by atoms with Gasteiger partial charge in [0, 0.05) is 25.2 Å². The number of hydrogen-bond donors (Lipinski definition) is 3. The predicted molar refractivity (Wildman–Crippen MR) is 50.8 cm³/mol. The van der Waals surface area contributed by atoms with E-state index in [1.165, 1.54) is 0 Å². The van der Waals surface area contributed by atoms with Gasteiger partial charge in [0.25, 0.3) is 0 Å². The summed E-state index contributed by atoms with van der Waals surface area (Å²) in [6, 6.07) is 0.814. The molecule has 11 heavy (non-hydrogen) atoms. The summed E-state index contributed by atoms with van der Waals surface area (Å²) in [6.07, 6.45) is 0. The van der Waals surface area contributed by atoms with Crippen molar-refractivity contribution in [2.45, 2.75) is 19.0 Å². The van der Waals surface area contributed by atoms with Gasteiger partial charge in [0.05, 0.1) is 6.61 Å². The van der Waals surface area contributed by atoms with Crippen LogP contribution < -0.4 is 10.6 Å². The molecule has 3 nitrogen and oxygen atoms in total. The van der Waals surface area contributed by atoms with Crippen molar-refractivity contribution in [3.63, 3.8) is 0 Å². The molecule has 1 heterocycles. The fourth-order valence-corrected chi connectivity index (χ4v) is 0.960. The fourth-order valence-electron chi connectivity index (χ4n) is 0.960. The standard InChI is InChI=1S/C6H14N2O.2ClH/c1-5-2-8-6(4-9)3-7-5;;/h5-9H,2-4H2,1H3;2*1H/t5-,6-;;/m1../s1. The van der Waals surface area contributed by atoms with Gasteiger partial charge in [-0.2, -0.15) is 0 Å². The molecule has 0 aromatic carbocycles. The lowest BCUT2D eigenvalue weighted by molar-refractivity contribution is 0.216. The lowest BCUT2D eigenvalue weighted by atomic mass is 10.2. The van der Waals surface area contributed by atoms with Crippen LogP contribution in [0.15, 0.2) is 0 Å². The van der Waals surface area contributed by atoms with Gasteiger partial charge in [-0.1, -0.05) is 0 Å². The van der Waals surface area contributed by atoms with Crippen LogP contribution in [-0.2, 0) is 0 Å². The van der Waals surface area contributed by atoms with Gasteiger partial charge in [0.1, 0.15) is 0 Å². The van der Waals surface area contributed by atoms with Gasteiger partial charge in [-0.25, -0.2) is 0 Å². The zero-order valence-corrected chi connectivity index (χ0v) is 8.17. The Morgan fingerprint density at radius 3 is 2.27 bits per heavy atom. The number of aliphatic hydroxyl groups is 1. The molecule has 70 valence electrons. The molecule has 1 fully saturated rings. The van der Waals surface area contributed by atoms with E-state index in [1.807, 2.05) is 0 Å². The molecule has 1 rings (SSSR count). The van der Waals surface area contributed by atoms with Crippen LogP contribution in [0.5, 0.6) is 0 Å². The molecule has 0 radical (unpaired) electrons. The minimum atomic E-state index is 0. The molecular formula is C6H16Cl2N2O. The van der Waals surface area contributed by atoms with E-state index in [0.717, 1.165) is 13.1 Å². The van der Waals surface area contributed by atoms with E-state index in [2.05, 4.69) is 17.6 Å². The van der Waals surface area contributed by atoms with Crippen LogP contribution in [0.25, 0.3) is 0 Å². The summed E-state index contributed by atoms with van der Waals surface area (Å²) in [5.74, 6) is 0. The van der Waals surface area contributed by atoms with E-state index in [1.54, 1.807) is 0 Å². The minimum Gasteiger partial charge on any atom is -0.395 e. The molecule has 1 aliphatic heterocycles. The zero-order valence-electron chi connectivity index (χ0n) is 6.54. The van der Waals surface area contributed by atoms with Crippen molar-refractivity contribution in [3.05, 3.63) is 0 Å². The minimum absolute atomic E-state index is 0. The highest BCUT2D eigenvalue weighted by molar-refractivity contribution is 5.85. The van der Waals surface area contributed by atoms with Crippen LogP contribution in [0, 0.1) is 0 Å². The van der Waals surface area contributed by atoms with Crippen molar-refractivity contribution >= 4 is 24.8 Å². The molecule has 0 aromatic rings. The lowest BCUT2D eigenvalue weighted by Gasteiger charge is -2.27. The van der Waals surface area contributed by atoms with Gasteiger partial charge < -0.3 is 15.7 Å². The van der Waals surface area contributed by atoms with Gasteiger partial charge in [0.15, 0.2) is 0 Å². The normalized spacial score (nSPS) is 30.0. The molecular weight excluding hydrogens is 187 g/mol. The molecule has 0 bridgehead atoms. The Hall–Kier alpha value is 0.460. The second-order valence-corrected chi connectivity index (χ2v) is 2.60. The van der Waals surface area contributed by atoms with E-state index in [9.17, 15) is 0 Å². The van der Waals surface area contributed by atoms with Crippen LogP contribution in [0.3, 0.4) is 0 Å². The lowest BCUT2D eigenvalue weighted by Crippen LogP contribution is -2.54. The Kier molecular flexibility index (Phi) is 9.08. The summed E-state index contributed by atoms with van der Waals surface area (Å²) in [5, 5.41) is 15.1. The summed E-state index contributed by atoms with van der Waals surface area (Å²) in [7, 11) is 0. The van der Waals surface area contributed by atoms with Gasteiger partial charge in [-0.15, -0.1) is 24.8 Å². The molecule has 2 atom stereocenters. The number of hydrogen-bond acceptors (Lipinski definition) is 3. The average Bonchev–Trinajstić information content (AvgIpc) is 1.90. The number of rotatable bonds is 1. The third-order valence-electron chi connectivity index (χ3n) is 1.65. The van der Waals surface area contributed by atoms with Crippen LogP contribution in [0.2, 0.25) is 0 Å². The van der Waals surface area contributed by atoms with E-state index in [-0.39, 0.29) is 37.5 Å². The van der Waals surface area contributed by atoms with Crippen molar-refractivity contribution in [2.75, 3.05) is 19.7 Å². The Morgan fingerprint density at radius 2 is 1.91 bits per heavy atom. The Bertz CT molecular complexity index is 86.7. The molecule has 1 saturated heterocycles. The molecule has 5 heteroatoms. The quantitative estimate of drug-likeness (QED) is 0.551. The van der Waals surface area contributed by atoms with Crippen molar-refractivity contribution in [2.24, 2.45) is 0 Å². The maximum Gasteiger partial charge on any atom is 0.0597 e.